The number of carbonyl (C=O) groups excluding carboxylic acids is 1. The van der Waals surface area contributed by atoms with E-state index in [1.165, 1.54) is 5.56 Å². The Balaban J connectivity index is 1.85. The van der Waals surface area contributed by atoms with E-state index in [2.05, 4.69) is 26.7 Å². The molecule has 1 atom stereocenters. The van der Waals surface area contributed by atoms with Gasteiger partial charge in [0.05, 0.1) is 6.54 Å². The Labute approximate surface area is 115 Å². The second-order valence-electron chi connectivity index (χ2n) is 4.58. The number of aromatic nitrogens is 2. The van der Waals surface area contributed by atoms with Gasteiger partial charge in [-0.1, -0.05) is 0 Å². The molecule has 3 heterocycles. The predicted octanol–water partition coefficient (Wildman–Crippen LogP) is 1.32. The molecular weight excluding hydrogens is 260 g/mol. The molecule has 1 aliphatic rings. The van der Waals surface area contributed by atoms with Crippen molar-refractivity contribution in [2.75, 3.05) is 13.6 Å². The number of rotatable bonds is 3. The molecule has 2 aromatic heterocycles. The Kier molecular flexibility index (Phi) is 3.35. The molecule has 0 fully saturated rings. The van der Waals surface area contributed by atoms with E-state index in [0.717, 1.165) is 23.7 Å². The fourth-order valence-electron chi connectivity index (χ4n) is 2.44. The fraction of sp³-hybridized carbons (Fsp3) is 0.385. The van der Waals surface area contributed by atoms with E-state index in [4.69, 9.17) is 0 Å². The van der Waals surface area contributed by atoms with Crippen LogP contribution in [0.5, 0.6) is 0 Å². The van der Waals surface area contributed by atoms with Gasteiger partial charge in [-0.2, -0.15) is 0 Å². The zero-order valence-electron chi connectivity index (χ0n) is 10.7. The van der Waals surface area contributed by atoms with E-state index < -0.39 is 0 Å². The number of hydrogen-bond acceptors (Lipinski definition) is 4. The Morgan fingerprint density at radius 3 is 3.26 bits per heavy atom. The van der Waals surface area contributed by atoms with Crippen LogP contribution in [0.2, 0.25) is 0 Å². The average molecular weight is 276 g/mol. The zero-order chi connectivity index (χ0) is 13.2. The minimum Gasteiger partial charge on any atom is -0.347 e. The first-order valence-corrected chi connectivity index (χ1v) is 7.18. The number of H-pyrrole nitrogens is 1. The lowest BCUT2D eigenvalue weighted by molar-refractivity contribution is -0.133. The third kappa shape index (κ3) is 2.29. The molecule has 100 valence electrons. The van der Waals surface area contributed by atoms with Crippen LogP contribution in [0, 0.1) is 0 Å². The van der Waals surface area contributed by atoms with Crippen LogP contribution in [0.4, 0.5) is 0 Å². The first-order valence-electron chi connectivity index (χ1n) is 6.30. The number of likely N-dealkylation sites (N-methyl/N-ethyl adjacent to an activating group) is 1. The zero-order valence-corrected chi connectivity index (χ0v) is 11.5. The van der Waals surface area contributed by atoms with E-state index in [9.17, 15) is 4.79 Å². The third-order valence-electron chi connectivity index (χ3n) is 3.44. The van der Waals surface area contributed by atoms with Crippen LogP contribution < -0.4 is 5.32 Å². The minimum absolute atomic E-state index is 0.125. The van der Waals surface area contributed by atoms with Crippen molar-refractivity contribution in [3.63, 3.8) is 0 Å². The molecule has 0 spiro atoms. The number of fused-ring (bicyclic) bond motifs is 1. The maximum Gasteiger partial charge on any atom is 0.245 e. The van der Waals surface area contributed by atoms with E-state index in [1.807, 2.05) is 11.9 Å². The van der Waals surface area contributed by atoms with Gasteiger partial charge in [0, 0.05) is 23.8 Å². The van der Waals surface area contributed by atoms with Gasteiger partial charge in [0.2, 0.25) is 5.91 Å². The number of hydrogen-bond donors (Lipinski definition) is 2. The second-order valence-corrected chi connectivity index (χ2v) is 5.53. The van der Waals surface area contributed by atoms with Crippen LogP contribution >= 0.6 is 11.3 Å². The van der Waals surface area contributed by atoms with Gasteiger partial charge in [-0.15, -0.1) is 11.3 Å². The number of thiophene rings is 1. The van der Waals surface area contributed by atoms with Gasteiger partial charge in [0.15, 0.2) is 0 Å². The Morgan fingerprint density at radius 1 is 1.63 bits per heavy atom. The molecule has 6 heteroatoms. The monoisotopic (exact) mass is 276 g/mol. The summed E-state index contributed by atoms with van der Waals surface area (Å²) in [5.41, 5.74) is 1.28. The molecule has 2 aromatic rings. The van der Waals surface area contributed by atoms with Gasteiger partial charge >= 0.3 is 0 Å². The molecule has 0 saturated carbocycles. The number of carbonyl (C=O) groups is 1. The summed E-state index contributed by atoms with van der Waals surface area (Å²) in [7, 11) is 1.84. The highest BCUT2D eigenvalue weighted by atomic mass is 32.1. The van der Waals surface area contributed by atoms with E-state index in [-0.39, 0.29) is 11.9 Å². The van der Waals surface area contributed by atoms with Crippen molar-refractivity contribution in [3.8, 4) is 0 Å². The summed E-state index contributed by atoms with van der Waals surface area (Å²) < 4.78 is 0. The van der Waals surface area contributed by atoms with Crippen LogP contribution in [0.25, 0.3) is 0 Å². The fourth-order valence-corrected chi connectivity index (χ4v) is 3.50. The van der Waals surface area contributed by atoms with Gasteiger partial charge in [-0.3, -0.25) is 4.79 Å². The van der Waals surface area contributed by atoms with Crippen LogP contribution in [0.15, 0.2) is 23.8 Å². The summed E-state index contributed by atoms with van der Waals surface area (Å²) in [5, 5.41) is 5.19. The van der Waals surface area contributed by atoms with Crippen LogP contribution in [0.1, 0.15) is 22.3 Å². The SMILES string of the molecule is CNC1C(=O)N(Cc2ncc[nH]2)CCc2ccsc21. The lowest BCUT2D eigenvalue weighted by Crippen LogP contribution is -2.38. The second kappa shape index (κ2) is 5.14. The summed E-state index contributed by atoms with van der Waals surface area (Å²) in [5.74, 6) is 0.952. The summed E-state index contributed by atoms with van der Waals surface area (Å²) in [6, 6.07) is 1.89. The molecule has 5 nitrogen and oxygen atoms in total. The van der Waals surface area contributed by atoms with E-state index in [1.54, 1.807) is 23.7 Å². The molecule has 1 aliphatic heterocycles. The average Bonchev–Trinajstić information content (AvgIpc) is 3.04. The number of imidazole rings is 1. The lowest BCUT2D eigenvalue weighted by Gasteiger charge is -2.23. The number of amides is 1. The summed E-state index contributed by atoms with van der Waals surface area (Å²) in [4.78, 5) is 22.9. The smallest absolute Gasteiger partial charge is 0.245 e. The van der Waals surface area contributed by atoms with E-state index >= 15 is 0 Å². The van der Waals surface area contributed by atoms with Crippen molar-refractivity contribution in [2.24, 2.45) is 0 Å². The first kappa shape index (κ1) is 12.4. The maximum absolute atomic E-state index is 12.6. The Morgan fingerprint density at radius 2 is 2.53 bits per heavy atom. The molecule has 0 aromatic carbocycles. The lowest BCUT2D eigenvalue weighted by atomic mass is 10.1. The van der Waals surface area contributed by atoms with Crippen molar-refractivity contribution >= 4 is 17.2 Å². The molecule has 0 bridgehead atoms. The molecule has 0 saturated heterocycles. The van der Waals surface area contributed by atoms with E-state index in [0.29, 0.717) is 6.54 Å². The molecular formula is C13H16N4OS. The normalized spacial score (nSPS) is 19.3. The number of aromatic amines is 1. The van der Waals surface area contributed by atoms with Gasteiger partial charge in [0.25, 0.3) is 0 Å². The summed E-state index contributed by atoms with van der Waals surface area (Å²) >= 11 is 1.65. The molecule has 0 aliphatic carbocycles. The van der Waals surface area contributed by atoms with Crippen molar-refractivity contribution in [2.45, 2.75) is 19.0 Å². The predicted molar refractivity (Wildman–Crippen MR) is 73.8 cm³/mol. The largest absolute Gasteiger partial charge is 0.347 e. The summed E-state index contributed by atoms with van der Waals surface area (Å²) in [6.07, 6.45) is 4.40. The maximum atomic E-state index is 12.6. The van der Waals surface area contributed by atoms with Crippen molar-refractivity contribution in [3.05, 3.63) is 40.1 Å². The highest BCUT2D eigenvalue weighted by molar-refractivity contribution is 7.10. The molecule has 0 radical (unpaired) electrons. The first-order chi connectivity index (χ1) is 9.29. The standard InChI is InChI=1S/C13H16N4OS/c1-14-11-12-9(3-7-19-12)2-6-17(13(11)18)8-10-15-4-5-16-10/h3-5,7,11,14H,2,6,8H2,1H3,(H,15,16). The molecule has 2 N–H and O–H groups in total. The van der Waals surface area contributed by atoms with Gasteiger partial charge < -0.3 is 15.2 Å². The Hall–Kier alpha value is -1.66. The van der Waals surface area contributed by atoms with Crippen molar-refractivity contribution in [1.29, 1.82) is 0 Å². The van der Waals surface area contributed by atoms with Crippen LogP contribution in [-0.4, -0.2) is 34.4 Å². The molecule has 19 heavy (non-hydrogen) atoms. The van der Waals surface area contributed by atoms with Crippen LogP contribution in [-0.2, 0) is 17.8 Å². The number of nitrogens with zero attached hydrogens (tertiary/aromatic N) is 2. The van der Waals surface area contributed by atoms with Gasteiger partial charge in [0.1, 0.15) is 11.9 Å². The van der Waals surface area contributed by atoms with Gasteiger partial charge in [-0.25, -0.2) is 4.98 Å². The highest BCUT2D eigenvalue weighted by Crippen LogP contribution is 2.29. The highest BCUT2D eigenvalue weighted by Gasteiger charge is 2.30. The topological polar surface area (TPSA) is 61.0 Å². The molecule has 1 amide bonds. The van der Waals surface area contributed by atoms with Crippen molar-refractivity contribution < 1.29 is 4.79 Å². The third-order valence-corrected chi connectivity index (χ3v) is 4.46. The van der Waals surface area contributed by atoms with Crippen LogP contribution in [0.3, 0.4) is 0 Å². The minimum atomic E-state index is -0.229. The molecule has 3 rings (SSSR count). The number of nitrogens with one attached hydrogen (secondary N) is 2. The Bertz CT molecular complexity index is 563. The summed E-state index contributed by atoms with van der Waals surface area (Å²) in [6.45, 7) is 1.28. The van der Waals surface area contributed by atoms with Gasteiger partial charge in [-0.05, 0) is 30.5 Å². The molecule has 1 unspecified atom stereocenters. The quantitative estimate of drug-likeness (QED) is 0.888. The van der Waals surface area contributed by atoms with Crippen molar-refractivity contribution in [1.82, 2.24) is 20.2 Å².